The van der Waals surface area contributed by atoms with E-state index >= 15 is 0 Å². The highest BCUT2D eigenvalue weighted by Gasteiger charge is 2.26. The Morgan fingerprint density at radius 1 is 0.900 bits per heavy atom. The van der Waals surface area contributed by atoms with E-state index in [4.69, 9.17) is 0 Å². The van der Waals surface area contributed by atoms with Crippen LogP contribution in [0.25, 0.3) is 10.8 Å². The van der Waals surface area contributed by atoms with E-state index in [1.165, 1.54) is 18.2 Å². The molecule has 3 aromatic carbocycles. The van der Waals surface area contributed by atoms with E-state index in [9.17, 15) is 14.0 Å². The molecule has 1 fully saturated rings. The topological polar surface area (TPSA) is 61.4 Å². The van der Waals surface area contributed by atoms with E-state index in [0.717, 1.165) is 42.3 Å². The highest BCUT2D eigenvalue weighted by Crippen LogP contribution is 2.30. The number of fused-ring (bicyclic) bond motifs is 1. The van der Waals surface area contributed by atoms with Crippen molar-refractivity contribution in [3.8, 4) is 0 Å². The van der Waals surface area contributed by atoms with Gasteiger partial charge in [-0.15, -0.1) is 0 Å². The Balaban J connectivity index is 1.51. The number of hydrogen-bond donors (Lipinski definition) is 2. The van der Waals surface area contributed by atoms with Crippen LogP contribution in [0.2, 0.25) is 0 Å². The fourth-order valence-electron chi connectivity index (χ4n) is 4.04. The Bertz CT molecular complexity index is 1060. The molecule has 0 spiro atoms. The molecule has 0 aromatic heterocycles. The van der Waals surface area contributed by atoms with Gasteiger partial charge < -0.3 is 10.6 Å². The lowest BCUT2D eigenvalue weighted by Gasteiger charge is -2.29. The maximum Gasteiger partial charge on any atom is 0.313 e. The van der Waals surface area contributed by atoms with Crippen LogP contribution >= 0.6 is 0 Å². The molecule has 0 bridgehead atoms. The van der Waals surface area contributed by atoms with Crippen molar-refractivity contribution >= 4 is 28.3 Å². The van der Waals surface area contributed by atoms with Gasteiger partial charge in [0.1, 0.15) is 5.82 Å². The molecule has 4 rings (SSSR count). The number of halogens is 1. The summed E-state index contributed by atoms with van der Waals surface area (Å²) in [6.45, 7) is 2.20. The van der Waals surface area contributed by atoms with Crippen molar-refractivity contribution in [2.24, 2.45) is 0 Å². The van der Waals surface area contributed by atoms with E-state index in [1.807, 2.05) is 18.2 Å². The third-order valence-corrected chi connectivity index (χ3v) is 5.55. The maximum absolute atomic E-state index is 13.7. The van der Waals surface area contributed by atoms with Crippen molar-refractivity contribution in [3.63, 3.8) is 0 Å². The van der Waals surface area contributed by atoms with E-state index < -0.39 is 17.6 Å². The number of carbonyl (C=O) groups excluding carboxylic acids is 2. The first-order valence-corrected chi connectivity index (χ1v) is 10.2. The molecule has 3 aromatic rings. The molecule has 0 saturated carbocycles. The number of benzene rings is 3. The van der Waals surface area contributed by atoms with Crippen molar-refractivity contribution in [1.29, 1.82) is 0 Å². The summed E-state index contributed by atoms with van der Waals surface area (Å²) in [5.74, 6) is -2.23. The van der Waals surface area contributed by atoms with Gasteiger partial charge in [0.05, 0.1) is 11.7 Å². The van der Waals surface area contributed by atoms with Crippen LogP contribution in [0, 0.1) is 5.82 Å². The Labute approximate surface area is 174 Å². The Hall–Kier alpha value is -3.25. The van der Waals surface area contributed by atoms with E-state index in [0.29, 0.717) is 6.54 Å². The fourth-order valence-corrected chi connectivity index (χ4v) is 4.04. The van der Waals surface area contributed by atoms with Crippen LogP contribution < -0.4 is 10.6 Å². The summed E-state index contributed by atoms with van der Waals surface area (Å²) in [4.78, 5) is 27.0. The van der Waals surface area contributed by atoms with Gasteiger partial charge in [0, 0.05) is 6.54 Å². The largest absolute Gasteiger partial charge is 0.346 e. The third kappa shape index (κ3) is 4.33. The number of anilines is 1. The molecule has 154 valence electrons. The Morgan fingerprint density at radius 2 is 1.60 bits per heavy atom. The number of hydrogen-bond acceptors (Lipinski definition) is 3. The van der Waals surface area contributed by atoms with Gasteiger partial charge in [0.2, 0.25) is 0 Å². The van der Waals surface area contributed by atoms with Crippen molar-refractivity contribution < 1.29 is 14.0 Å². The SMILES string of the molecule is O=C(NCC(c1cccc2ccccc12)N1CCCC1)C(=O)Nc1ccccc1F. The number of nitrogens with one attached hydrogen (secondary N) is 2. The van der Waals surface area contributed by atoms with E-state index in [-0.39, 0.29) is 11.7 Å². The van der Waals surface area contributed by atoms with Crippen molar-refractivity contribution in [3.05, 3.63) is 78.1 Å². The zero-order chi connectivity index (χ0) is 20.9. The van der Waals surface area contributed by atoms with Gasteiger partial charge in [0.15, 0.2) is 0 Å². The number of nitrogens with zero attached hydrogens (tertiary/aromatic N) is 1. The average Bonchev–Trinajstić information content (AvgIpc) is 3.30. The quantitative estimate of drug-likeness (QED) is 0.634. The van der Waals surface area contributed by atoms with Crippen molar-refractivity contribution in [2.45, 2.75) is 18.9 Å². The lowest BCUT2D eigenvalue weighted by molar-refractivity contribution is -0.136. The summed E-state index contributed by atoms with van der Waals surface area (Å²) in [7, 11) is 0. The number of rotatable bonds is 5. The van der Waals surface area contributed by atoms with Gasteiger partial charge in [0.25, 0.3) is 0 Å². The smallest absolute Gasteiger partial charge is 0.313 e. The lowest BCUT2D eigenvalue weighted by Crippen LogP contribution is -2.41. The third-order valence-electron chi connectivity index (χ3n) is 5.55. The van der Waals surface area contributed by atoms with Crippen LogP contribution in [0.15, 0.2) is 66.7 Å². The zero-order valence-electron chi connectivity index (χ0n) is 16.6. The van der Waals surface area contributed by atoms with Crippen LogP contribution in [0.5, 0.6) is 0 Å². The molecule has 1 saturated heterocycles. The molecule has 2 N–H and O–H groups in total. The van der Waals surface area contributed by atoms with Crippen LogP contribution in [0.4, 0.5) is 10.1 Å². The summed E-state index contributed by atoms with van der Waals surface area (Å²) in [5, 5.41) is 7.36. The number of carbonyl (C=O) groups is 2. The summed E-state index contributed by atoms with van der Waals surface area (Å²) in [5.41, 5.74) is 1.12. The van der Waals surface area contributed by atoms with Crippen LogP contribution in [-0.2, 0) is 9.59 Å². The molecular weight excluding hydrogens is 381 g/mol. The Kier molecular flexibility index (Phi) is 6.05. The summed E-state index contributed by atoms with van der Waals surface area (Å²) in [6, 6.07) is 20.1. The van der Waals surface area contributed by atoms with Crippen LogP contribution in [0.1, 0.15) is 24.4 Å². The number of para-hydroxylation sites is 1. The van der Waals surface area contributed by atoms with E-state index in [1.54, 1.807) is 6.07 Å². The monoisotopic (exact) mass is 405 g/mol. The first-order chi connectivity index (χ1) is 14.6. The van der Waals surface area contributed by atoms with Gasteiger partial charge >= 0.3 is 11.8 Å². The van der Waals surface area contributed by atoms with Gasteiger partial charge in [-0.3, -0.25) is 14.5 Å². The predicted octanol–water partition coefficient (Wildman–Crippen LogP) is 3.87. The van der Waals surface area contributed by atoms with Crippen LogP contribution in [0.3, 0.4) is 0 Å². The molecule has 1 unspecified atom stereocenters. The second-order valence-electron chi connectivity index (χ2n) is 7.47. The highest BCUT2D eigenvalue weighted by atomic mass is 19.1. The zero-order valence-corrected chi connectivity index (χ0v) is 16.6. The predicted molar refractivity (Wildman–Crippen MR) is 116 cm³/mol. The van der Waals surface area contributed by atoms with Gasteiger partial charge in [-0.2, -0.15) is 0 Å². The van der Waals surface area contributed by atoms with Crippen molar-refractivity contribution in [2.75, 3.05) is 25.0 Å². The minimum Gasteiger partial charge on any atom is -0.346 e. The second-order valence-corrected chi connectivity index (χ2v) is 7.47. The molecule has 1 heterocycles. The first-order valence-electron chi connectivity index (χ1n) is 10.2. The minimum absolute atomic E-state index is 0.0113. The molecule has 30 heavy (non-hydrogen) atoms. The standard InChI is InChI=1S/C24H24FN3O2/c25-20-12-3-4-13-21(20)27-24(30)23(29)26-16-22(28-14-5-6-15-28)19-11-7-9-17-8-1-2-10-18(17)19/h1-4,7-13,22H,5-6,14-16H2,(H,26,29)(H,27,30). The first kappa shape index (κ1) is 20.0. The summed E-state index contributed by atoms with van der Waals surface area (Å²) >= 11 is 0. The molecule has 1 atom stereocenters. The van der Waals surface area contributed by atoms with Gasteiger partial charge in [-0.25, -0.2) is 4.39 Å². The molecule has 1 aliphatic rings. The van der Waals surface area contributed by atoms with Crippen LogP contribution in [-0.4, -0.2) is 36.3 Å². The highest BCUT2D eigenvalue weighted by molar-refractivity contribution is 6.39. The summed E-state index contributed by atoms with van der Waals surface area (Å²) < 4.78 is 13.7. The molecule has 0 radical (unpaired) electrons. The second kappa shape index (κ2) is 9.05. The lowest BCUT2D eigenvalue weighted by atomic mass is 9.97. The van der Waals surface area contributed by atoms with Gasteiger partial charge in [-0.05, 0) is 54.4 Å². The molecule has 5 nitrogen and oxygen atoms in total. The summed E-state index contributed by atoms with van der Waals surface area (Å²) in [6.07, 6.45) is 2.23. The molecule has 2 amide bonds. The molecular formula is C24H24FN3O2. The van der Waals surface area contributed by atoms with Gasteiger partial charge in [-0.1, -0.05) is 54.6 Å². The molecule has 6 heteroatoms. The van der Waals surface area contributed by atoms with E-state index in [2.05, 4.69) is 39.8 Å². The maximum atomic E-state index is 13.7. The fraction of sp³-hybridized carbons (Fsp3) is 0.250. The molecule has 1 aliphatic heterocycles. The average molecular weight is 405 g/mol. The Morgan fingerprint density at radius 3 is 2.40 bits per heavy atom. The minimum atomic E-state index is -0.877. The number of amides is 2. The molecule has 0 aliphatic carbocycles. The van der Waals surface area contributed by atoms with Crippen molar-refractivity contribution in [1.82, 2.24) is 10.2 Å². The normalized spacial score (nSPS) is 15.1. The number of likely N-dealkylation sites (tertiary alicyclic amines) is 1.